The molecule has 0 aliphatic carbocycles. The third-order valence-corrected chi connectivity index (χ3v) is 3.88. The fraction of sp³-hybridized carbons (Fsp3) is 0.562. The van der Waals surface area contributed by atoms with Gasteiger partial charge in [0.15, 0.2) is 11.5 Å². The Morgan fingerprint density at radius 3 is 2.91 bits per heavy atom. The molecule has 1 heterocycles. The van der Waals surface area contributed by atoms with Crippen molar-refractivity contribution in [2.24, 2.45) is 5.73 Å². The highest BCUT2D eigenvalue weighted by atomic mass is 16.5. The van der Waals surface area contributed by atoms with Crippen molar-refractivity contribution in [2.45, 2.75) is 31.4 Å². The van der Waals surface area contributed by atoms with E-state index in [1.165, 1.54) is 0 Å². The van der Waals surface area contributed by atoms with Crippen LogP contribution in [0.1, 0.15) is 18.4 Å². The molecule has 1 aromatic rings. The molecule has 2 rings (SSSR count). The number of benzene rings is 1. The van der Waals surface area contributed by atoms with Crippen LogP contribution in [0.3, 0.4) is 0 Å². The van der Waals surface area contributed by atoms with Gasteiger partial charge in [-0.15, -0.1) is 0 Å². The molecule has 3 N–H and O–H groups in total. The number of aliphatic carboxylic acids is 1. The minimum absolute atomic E-state index is 0.153. The summed E-state index contributed by atoms with van der Waals surface area (Å²) in [6.45, 7) is 2.00. The first-order chi connectivity index (χ1) is 10.5. The molecule has 1 aliphatic rings. The standard InChI is InChI=1S/C16H24N2O4/c1-18-7-3-4-12(10-18)22-14-6-5-11(9-15(14)21-2)8-13(17)16(19)20/h5-6,9,12-13H,3-4,7-8,10,17H2,1-2H3,(H,19,20). The highest BCUT2D eigenvalue weighted by Crippen LogP contribution is 2.30. The van der Waals surface area contributed by atoms with E-state index < -0.39 is 12.0 Å². The lowest BCUT2D eigenvalue weighted by Gasteiger charge is -2.30. The number of carboxylic acids is 1. The number of hydrogen-bond donors (Lipinski definition) is 2. The first kappa shape index (κ1) is 16.6. The first-order valence-corrected chi connectivity index (χ1v) is 7.50. The number of nitrogens with zero attached hydrogens (tertiary/aromatic N) is 1. The van der Waals surface area contributed by atoms with Gasteiger partial charge in [-0.05, 0) is 50.6 Å². The molecule has 122 valence electrons. The molecular weight excluding hydrogens is 284 g/mol. The average molecular weight is 308 g/mol. The number of likely N-dealkylation sites (tertiary alicyclic amines) is 1. The summed E-state index contributed by atoms with van der Waals surface area (Å²) in [7, 11) is 3.67. The Kier molecular flexibility index (Phi) is 5.63. The van der Waals surface area contributed by atoms with E-state index in [9.17, 15) is 4.79 Å². The van der Waals surface area contributed by atoms with Gasteiger partial charge < -0.3 is 25.2 Å². The van der Waals surface area contributed by atoms with E-state index in [0.717, 1.165) is 31.5 Å². The van der Waals surface area contributed by atoms with Gasteiger partial charge >= 0.3 is 5.97 Å². The molecular formula is C16H24N2O4. The maximum absolute atomic E-state index is 10.8. The van der Waals surface area contributed by atoms with Crippen molar-refractivity contribution in [3.05, 3.63) is 23.8 Å². The van der Waals surface area contributed by atoms with E-state index in [1.807, 2.05) is 12.1 Å². The molecule has 6 nitrogen and oxygen atoms in total. The molecule has 6 heteroatoms. The van der Waals surface area contributed by atoms with Crippen LogP contribution in [0.25, 0.3) is 0 Å². The van der Waals surface area contributed by atoms with Crippen LogP contribution < -0.4 is 15.2 Å². The molecule has 0 aromatic heterocycles. The van der Waals surface area contributed by atoms with Crippen LogP contribution in [0, 0.1) is 0 Å². The van der Waals surface area contributed by atoms with Gasteiger partial charge in [-0.2, -0.15) is 0 Å². The molecule has 0 amide bonds. The largest absolute Gasteiger partial charge is 0.493 e. The number of carboxylic acid groups (broad SMARTS) is 1. The molecule has 0 spiro atoms. The molecule has 22 heavy (non-hydrogen) atoms. The van der Waals surface area contributed by atoms with Crippen LogP contribution in [-0.4, -0.2) is 55.4 Å². The van der Waals surface area contributed by atoms with Crippen molar-refractivity contribution < 1.29 is 19.4 Å². The Balaban J connectivity index is 2.07. The molecule has 0 bridgehead atoms. The Hall–Kier alpha value is -1.79. The van der Waals surface area contributed by atoms with Crippen molar-refractivity contribution in [1.29, 1.82) is 0 Å². The third kappa shape index (κ3) is 4.35. The lowest BCUT2D eigenvalue weighted by molar-refractivity contribution is -0.138. The van der Waals surface area contributed by atoms with Gasteiger partial charge in [0, 0.05) is 6.54 Å². The number of methoxy groups -OCH3 is 1. The summed E-state index contributed by atoms with van der Waals surface area (Å²) < 4.78 is 11.4. The van der Waals surface area contributed by atoms with E-state index in [0.29, 0.717) is 11.5 Å². The van der Waals surface area contributed by atoms with Gasteiger partial charge in [0.05, 0.1) is 7.11 Å². The second-order valence-corrected chi connectivity index (χ2v) is 5.78. The number of carbonyl (C=O) groups is 1. The number of nitrogens with two attached hydrogens (primary N) is 1. The van der Waals surface area contributed by atoms with E-state index in [2.05, 4.69) is 11.9 Å². The van der Waals surface area contributed by atoms with Gasteiger partial charge in [0.1, 0.15) is 12.1 Å². The minimum Gasteiger partial charge on any atom is -0.493 e. The summed E-state index contributed by atoms with van der Waals surface area (Å²) in [4.78, 5) is 13.1. The van der Waals surface area contributed by atoms with Crippen molar-refractivity contribution in [2.75, 3.05) is 27.2 Å². The van der Waals surface area contributed by atoms with Crippen molar-refractivity contribution in [1.82, 2.24) is 4.90 Å². The zero-order valence-electron chi connectivity index (χ0n) is 13.1. The van der Waals surface area contributed by atoms with Gasteiger partial charge in [-0.25, -0.2) is 0 Å². The van der Waals surface area contributed by atoms with Crippen molar-refractivity contribution >= 4 is 5.97 Å². The minimum atomic E-state index is -1.01. The van der Waals surface area contributed by atoms with Gasteiger partial charge in [0.2, 0.25) is 0 Å². The average Bonchev–Trinajstić information content (AvgIpc) is 2.48. The van der Waals surface area contributed by atoms with E-state index >= 15 is 0 Å². The lowest BCUT2D eigenvalue weighted by atomic mass is 10.1. The predicted octanol–water partition coefficient (Wildman–Crippen LogP) is 1.12. The van der Waals surface area contributed by atoms with Crippen LogP contribution in [0.15, 0.2) is 18.2 Å². The normalized spacial score (nSPS) is 20.4. The predicted molar refractivity (Wildman–Crippen MR) is 83.5 cm³/mol. The van der Waals surface area contributed by atoms with E-state index in [-0.39, 0.29) is 12.5 Å². The van der Waals surface area contributed by atoms with E-state index in [1.54, 1.807) is 13.2 Å². The third-order valence-electron chi connectivity index (χ3n) is 3.88. The summed E-state index contributed by atoms with van der Waals surface area (Å²) in [5.41, 5.74) is 6.38. The number of piperidine rings is 1. The Morgan fingerprint density at radius 1 is 1.50 bits per heavy atom. The summed E-state index contributed by atoms with van der Waals surface area (Å²) in [5, 5.41) is 8.88. The zero-order valence-corrected chi connectivity index (χ0v) is 13.1. The SMILES string of the molecule is COc1cc(CC(N)C(=O)O)ccc1OC1CCCN(C)C1. The first-order valence-electron chi connectivity index (χ1n) is 7.50. The van der Waals surface area contributed by atoms with Crippen LogP contribution in [-0.2, 0) is 11.2 Å². The molecule has 0 radical (unpaired) electrons. The Morgan fingerprint density at radius 2 is 2.27 bits per heavy atom. The fourth-order valence-electron chi connectivity index (χ4n) is 2.67. The lowest BCUT2D eigenvalue weighted by Crippen LogP contribution is -2.38. The summed E-state index contributed by atoms with van der Waals surface area (Å²) in [5.74, 6) is 0.295. The second kappa shape index (κ2) is 7.47. The molecule has 1 fully saturated rings. The molecule has 1 aromatic carbocycles. The van der Waals surface area contributed by atoms with Crippen LogP contribution in [0.2, 0.25) is 0 Å². The van der Waals surface area contributed by atoms with E-state index in [4.69, 9.17) is 20.3 Å². The Labute approximate surface area is 130 Å². The molecule has 0 saturated carbocycles. The van der Waals surface area contributed by atoms with Crippen LogP contribution >= 0.6 is 0 Å². The molecule has 2 unspecified atom stereocenters. The second-order valence-electron chi connectivity index (χ2n) is 5.78. The highest BCUT2D eigenvalue weighted by Gasteiger charge is 2.20. The number of rotatable bonds is 6. The highest BCUT2D eigenvalue weighted by molar-refractivity contribution is 5.73. The monoisotopic (exact) mass is 308 g/mol. The van der Waals surface area contributed by atoms with Gasteiger partial charge in [0.25, 0.3) is 0 Å². The molecule has 1 aliphatic heterocycles. The van der Waals surface area contributed by atoms with Crippen LogP contribution in [0.5, 0.6) is 11.5 Å². The summed E-state index contributed by atoms with van der Waals surface area (Å²) >= 11 is 0. The van der Waals surface area contributed by atoms with Gasteiger partial charge in [-0.1, -0.05) is 6.07 Å². The summed E-state index contributed by atoms with van der Waals surface area (Å²) in [6, 6.07) is 4.55. The van der Waals surface area contributed by atoms with Crippen molar-refractivity contribution in [3.8, 4) is 11.5 Å². The number of likely N-dealkylation sites (N-methyl/N-ethyl adjacent to an activating group) is 1. The maximum atomic E-state index is 10.8. The number of ether oxygens (including phenoxy) is 2. The van der Waals surface area contributed by atoms with Gasteiger partial charge in [-0.3, -0.25) is 4.79 Å². The smallest absolute Gasteiger partial charge is 0.320 e. The molecule has 2 atom stereocenters. The maximum Gasteiger partial charge on any atom is 0.320 e. The van der Waals surface area contributed by atoms with Crippen LogP contribution in [0.4, 0.5) is 0 Å². The topological polar surface area (TPSA) is 85.0 Å². The Bertz CT molecular complexity index is 521. The number of hydrogen-bond acceptors (Lipinski definition) is 5. The fourth-order valence-corrected chi connectivity index (χ4v) is 2.67. The summed E-state index contributed by atoms with van der Waals surface area (Å²) in [6.07, 6.45) is 2.56. The molecule has 1 saturated heterocycles. The van der Waals surface area contributed by atoms with Crippen molar-refractivity contribution in [3.63, 3.8) is 0 Å². The zero-order chi connectivity index (χ0) is 16.1. The quantitative estimate of drug-likeness (QED) is 0.819.